The smallest absolute Gasteiger partial charge is 0.338 e. The molecule has 0 aromatic carbocycles. The van der Waals surface area contributed by atoms with E-state index in [1.807, 2.05) is 0 Å². The van der Waals surface area contributed by atoms with Gasteiger partial charge in [-0.3, -0.25) is 0 Å². The third-order valence-electron chi connectivity index (χ3n) is 3.76. The molecule has 0 saturated heterocycles. The molecule has 26 heavy (non-hydrogen) atoms. The maximum atomic E-state index is 6.32. The van der Waals surface area contributed by atoms with Crippen molar-refractivity contribution in [3.05, 3.63) is 0 Å². The standard InChI is InChI=1S/C11H26O2Si.C9H20Cl2Si/c1-10(2)8-14(12-6,13-7)9-11(3,4)5;1-8(2)6-12(10,11)7-9(3,4)5/h10H,8-9H2,1-7H3;8H,6-7H2,1-5H3. The van der Waals surface area contributed by atoms with Crippen molar-refractivity contribution in [3.63, 3.8) is 0 Å². The van der Waals surface area contributed by atoms with E-state index in [4.69, 9.17) is 31.0 Å². The van der Waals surface area contributed by atoms with Crippen LogP contribution in [0.4, 0.5) is 0 Å². The van der Waals surface area contributed by atoms with Gasteiger partial charge in [0.1, 0.15) is 0 Å². The van der Waals surface area contributed by atoms with Gasteiger partial charge < -0.3 is 8.85 Å². The third kappa shape index (κ3) is 17.1. The van der Waals surface area contributed by atoms with Gasteiger partial charge in [0, 0.05) is 14.2 Å². The quantitative estimate of drug-likeness (QED) is 0.278. The highest BCUT2D eigenvalue weighted by Gasteiger charge is 2.40. The fraction of sp³-hybridized carbons (Fsp3) is 1.00. The molecule has 0 rings (SSSR count). The van der Waals surface area contributed by atoms with E-state index in [0.29, 0.717) is 11.8 Å². The summed E-state index contributed by atoms with van der Waals surface area (Å²) >= 11 is 12.6. The summed E-state index contributed by atoms with van der Waals surface area (Å²) in [6.07, 6.45) is 0. The highest BCUT2D eigenvalue weighted by molar-refractivity contribution is 7.45. The lowest BCUT2D eigenvalue weighted by molar-refractivity contribution is 0.219. The van der Waals surface area contributed by atoms with Crippen LogP contribution in [0.3, 0.4) is 0 Å². The van der Waals surface area contributed by atoms with Crippen LogP contribution in [0.5, 0.6) is 0 Å². The molecule has 0 aliphatic carbocycles. The molecule has 0 saturated carbocycles. The molecule has 0 aromatic heterocycles. The Morgan fingerprint density at radius 3 is 1.27 bits per heavy atom. The first-order valence-corrected chi connectivity index (χ1v) is 16.5. The molecule has 0 radical (unpaired) electrons. The summed E-state index contributed by atoms with van der Waals surface area (Å²) < 4.78 is 11.4. The fourth-order valence-corrected chi connectivity index (χ4v) is 14.3. The minimum atomic E-state index is -1.96. The summed E-state index contributed by atoms with van der Waals surface area (Å²) in [5.74, 6) is 1.26. The normalized spacial score (nSPS) is 13.8. The van der Waals surface area contributed by atoms with Gasteiger partial charge in [-0.05, 0) is 46.8 Å². The molecule has 0 aromatic rings. The molecule has 6 heteroatoms. The Hall–Kier alpha value is 0.934. The summed E-state index contributed by atoms with van der Waals surface area (Å²) in [6.45, 7) is 20.2. The van der Waals surface area contributed by atoms with Crippen molar-refractivity contribution in [2.75, 3.05) is 14.2 Å². The maximum absolute atomic E-state index is 6.32. The van der Waals surface area contributed by atoms with Crippen LogP contribution >= 0.6 is 22.2 Å². The monoisotopic (exact) mass is 444 g/mol. The van der Waals surface area contributed by atoms with E-state index in [0.717, 1.165) is 24.2 Å². The van der Waals surface area contributed by atoms with Gasteiger partial charge in [-0.1, -0.05) is 69.2 Å². The summed E-state index contributed by atoms with van der Waals surface area (Å²) in [4.78, 5) is 0. The Kier molecular flexibility index (Phi) is 13.2. The lowest BCUT2D eigenvalue weighted by Gasteiger charge is -2.34. The van der Waals surface area contributed by atoms with E-state index in [1.165, 1.54) is 0 Å². The van der Waals surface area contributed by atoms with Crippen molar-refractivity contribution in [2.45, 2.75) is 93.4 Å². The molecule has 0 unspecified atom stereocenters. The Bertz CT molecular complexity index is 369. The van der Waals surface area contributed by atoms with Crippen LogP contribution < -0.4 is 0 Å². The predicted octanol–water partition coefficient (Wildman–Crippen LogP) is 8.03. The second kappa shape index (κ2) is 11.8. The van der Waals surface area contributed by atoms with Crippen LogP contribution in [-0.4, -0.2) is 29.5 Å². The average Bonchev–Trinajstić information content (AvgIpc) is 2.31. The van der Waals surface area contributed by atoms with Crippen LogP contribution in [0.25, 0.3) is 0 Å². The SMILES string of the molecule is CC(C)C[Si](Cl)(Cl)CC(C)(C)C.CO[Si](CC(C)C)(CC(C)(C)C)OC. The van der Waals surface area contributed by atoms with Gasteiger partial charge in [-0.15, -0.1) is 22.2 Å². The van der Waals surface area contributed by atoms with Gasteiger partial charge in [0.05, 0.1) is 0 Å². The van der Waals surface area contributed by atoms with Crippen LogP contribution in [0.2, 0.25) is 24.2 Å². The van der Waals surface area contributed by atoms with Crippen molar-refractivity contribution in [2.24, 2.45) is 22.7 Å². The zero-order valence-electron chi connectivity index (χ0n) is 19.6. The lowest BCUT2D eigenvalue weighted by Crippen LogP contribution is -2.44. The number of halogens is 2. The molecule has 0 amide bonds. The second-order valence-corrected chi connectivity index (χ2v) is 21.6. The first-order chi connectivity index (χ1) is 11.4. The molecule has 160 valence electrons. The van der Waals surface area contributed by atoms with E-state index in [-0.39, 0.29) is 10.8 Å². The predicted molar refractivity (Wildman–Crippen MR) is 125 cm³/mol. The summed E-state index contributed by atoms with van der Waals surface area (Å²) in [5, 5.41) is 0. The van der Waals surface area contributed by atoms with Crippen molar-refractivity contribution in [1.29, 1.82) is 0 Å². The van der Waals surface area contributed by atoms with Gasteiger partial charge in [0.25, 0.3) is 6.69 Å². The molecular formula is C20H46Cl2O2Si2. The largest absolute Gasteiger partial charge is 0.398 e. The lowest BCUT2D eigenvalue weighted by atomic mass is 10.0. The zero-order valence-corrected chi connectivity index (χ0v) is 23.1. The molecule has 0 fully saturated rings. The Morgan fingerprint density at radius 2 is 1.04 bits per heavy atom. The molecule has 0 spiro atoms. The van der Waals surface area contributed by atoms with Crippen LogP contribution in [0, 0.1) is 22.7 Å². The molecule has 0 heterocycles. The maximum Gasteiger partial charge on any atom is 0.338 e. The zero-order chi connectivity index (χ0) is 21.4. The van der Waals surface area contributed by atoms with Crippen molar-refractivity contribution in [1.82, 2.24) is 0 Å². The van der Waals surface area contributed by atoms with Gasteiger partial charge in [-0.25, -0.2) is 0 Å². The Balaban J connectivity index is 0. The van der Waals surface area contributed by atoms with Crippen LogP contribution in [0.15, 0.2) is 0 Å². The summed E-state index contributed by atoms with van der Waals surface area (Å²) in [7, 11) is 1.65. The minimum absolute atomic E-state index is 0.268. The fourth-order valence-electron chi connectivity index (χ4n) is 3.34. The molecule has 0 bridgehead atoms. The van der Waals surface area contributed by atoms with E-state index in [2.05, 4.69) is 69.2 Å². The minimum Gasteiger partial charge on any atom is -0.398 e. The highest BCUT2D eigenvalue weighted by atomic mass is 35.7. The van der Waals surface area contributed by atoms with E-state index in [9.17, 15) is 0 Å². The van der Waals surface area contributed by atoms with Crippen LogP contribution in [0.1, 0.15) is 69.2 Å². The van der Waals surface area contributed by atoms with E-state index in [1.54, 1.807) is 14.2 Å². The molecule has 0 aliphatic heterocycles. The van der Waals surface area contributed by atoms with Crippen molar-refractivity contribution >= 4 is 37.4 Å². The average molecular weight is 446 g/mol. The number of hydrogen-bond donors (Lipinski definition) is 0. The van der Waals surface area contributed by atoms with Gasteiger partial charge in [-0.2, -0.15) is 0 Å². The van der Waals surface area contributed by atoms with Crippen molar-refractivity contribution in [3.8, 4) is 0 Å². The van der Waals surface area contributed by atoms with Crippen LogP contribution in [-0.2, 0) is 8.85 Å². The Morgan fingerprint density at radius 1 is 0.692 bits per heavy atom. The molecule has 2 nitrogen and oxygen atoms in total. The van der Waals surface area contributed by atoms with Crippen molar-refractivity contribution < 1.29 is 8.85 Å². The third-order valence-corrected chi connectivity index (χ3v) is 13.0. The second-order valence-electron chi connectivity index (χ2n) is 10.8. The summed E-state index contributed by atoms with van der Waals surface area (Å²) in [5.41, 5.74) is 0.553. The molecule has 0 N–H and O–H groups in total. The molecular weight excluding hydrogens is 399 g/mol. The number of rotatable bonds is 8. The number of hydrogen-bond acceptors (Lipinski definition) is 2. The summed E-state index contributed by atoms with van der Waals surface area (Å²) in [6, 6.07) is 4.14. The topological polar surface area (TPSA) is 18.5 Å². The van der Waals surface area contributed by atoms with E-state index < -0.39 is 15.3 Å². The first kappa shape index (κ1) is 29.1. The first-order valence-electron chi connectivity index (χ1n) is 9.85. The van der Waals surface area contributed by atoms with Gasteiger partial charge >= 0.3 is 8.56 Å². The molecule has 0 atom stereocenters. The van der Waals surface area contributed by atoms with Gasteiger partial charge in [0.15, 0.2) is 0 Å². The molecule has 0 aliphatic rings. The highest BCUT2D eigenvalue weighted by Crippen LogP contribution is 2.37. The Labute approximate surface area is 176 Å². The van der Waals surface area contributed by atoms with Gasteiger partial charge in [0.2, 0.25) is 0 Å². The van der Waals surface area contributed by atoms with E-state index >= 15 is 0 Å².